The second-order valence-corrected chi connectivity index (χ2v) is 8.03. The molecule has 2 aromatic rings. The number of hydrogen-bond donors (Lipinski definition) is 2. The third kappa shape index (κ3) is 2.65. The SMILES string of the molecule is Bc1cc2c3c(c(NC)nc2cc1CN1CCCC1)CC(C)(C)N3. The van der Waals surface area contributed by atoms with Gasteiger partial charge in [0.1, 0.15) is 13.7 Å². The summed E-state index contributed by atoms with van der Waals surface area (Å²) in [6.45, 7) is 8.02. The van der Waals surface area contributed by atoms with Gasteiger partial charge in [-0.25, -0.2) is 4.98 Å². The molecule has 2 N–H and O–H groups in total. The Morgan fingerprint density at radius 3 is 2.75 bits per heavy atom. The Hall–Kier alpha value is -1.75. The second-order valence-electron chi connectivity index (χ2n) is 8.03. The molecule has 1 fully saturated rings. The van der Waals surface area contributed by atoms with E-state index in [0.29, 0.717) is 0 Å². The van der Waals surface area contributed by atoms with E-state index in [1.165, 1.54) is 53.6 Å². The molecule has 126 valence electrons. The summed E-state index contributed by atoms with van der Waals surface area (Å²) in [6.07, 6.45) is 3.68. The van der Waals surface area contributed by atoms with E-state index in [0.717, 1.165) is 24.3 Å². The van der Waals surface area contributed by atoms with Gasteiger partial charge in [-0.3, -0.25) is 4.90 Å². The Labute approximate surface area is 145 Å². The van der Waals surface area contributed by atoms with Crippen molar-refractivity contribution in [2.75, 3.05) is 30.8 Å². The predicted octanol–water partition coefficient (Wildman–Crippen LogP) is 1.88. The topological polar surface area (TPSA) is 40.2 Å². The van der Waals surface area contributed by atoms with Gasteiger partial charge in [0.25, 0.3) is 0 Å². The summed E-state index contributed by atoms with van der Waals surface area (Å²) < 4.78 is 0. The fourth-order valence-electron chi connectivity index (χ4n) is 4.20. The van der Waals surface area contributed by atoms with E-state index in [4.69, 9.17) is 4.98 Å². The monoisotopic (exact) mass is 322 g/mol. The molecule has 0 aliphatic carbocycles. The highest BCUT2D eigenvalue weighted by Gasteiger charge is 2.31. The molecule has 0 spiro atoms. The molecule has 5 heteroatoms. The molecule has 1 aromatic heterocycles. The molecule has 0 saturated carbocycles. The Kier molecular flexibility index (Phi) is 3.72. The third-order valence-corrected chi connectivity index (χ3v) is 5.46. The number of nitrogens with zero attached hydrogens (tertiary/aromatic N) is 2. The molecule has 0 unspecified atom stereocenters. The lowest BCUT2D eigenvalue weighted by Crippen LogP contribution is -2.27. The van der Waals surface area contributed by atoms with Crippen LogP contribution >= 0.6 is 0 Å². The normalized spacial score (nSPS) is 19.5. The zero-order valence-corrected chi connectivity index (χ0v) is 15.3. The van der Waals surface area contributed by atoms with Gasteiger partial charge in [-0.1, -0.05) is 11.5 Å². The van der Waals surface area contributed by atoms with Gasteiger partial charge in [0.2, 0.25) is 0 Å². The van der Waals surface area contributed by atoms with Crippen molar-refractivity contribution in [3.05, 3.63) is 23.3 Å². The van der Waals surface area contributed by atoms with Crippen LogP contribution < -0.4 is 16.1 Å². The van der Waals surface area contributed by atoms with Crippen molar-refractivity contribution in [1.82, 2.24) is 9.88 Å². The number of pyridine rings is 1. The Bertz CT molecular complexity index is 794. The van der Waals surface area contributed by atoms with E-state index >= 15 is 0 Å². The first-order chi connectivity index (χ1) is 11.5. The van der Waals surface area contributed by atoms with E-state index < -0.39 is 0 Å². The van der Waals surface area contributed by atoms with Gasteiger partial charge in [0, 0.05) is 36.5 Å². The first-order valence-electron chi connectivity index (χ1n) is 9.11. The molecule has 3 heterocycles. The van der Waals surface area contributed by atoms with Crippen LogP contribution in [0.15, 0.2) is 12.1 Å². The molecule has 0 radical (unpaired) electrons. The quantitative estimate of drug-likeness (QED) is 0.847. The number of aromatic nitrogens is 1. The summed E-state index contributed by atoms with van der Waals surface area (Å²) >= 11 is 0. The van der Waals surface area contributed by atoms with Gasteiger partial charge >= 0.3 is 0 Å². The highest BCUT2D eigenvalue weighted by Crippen LogP contribution is 2.40. The van der Waals surface area contributed by atoms with E-state index in [1.54, 1.807) is 0 Å². The Morgan fingerprint density at radius 2 is 2.04 bits per heavy atom. The van der Waals surface area contributed by atoms with Crippen LogP contribution in [-0.2, 0) is 13.0 Å². The number of hydrogen-bond acceptors (Lipinski definition) is 4. The highest BCUT2D eigenvalue weighted by molar-refractivity contribution is 6.34. The minimum Gasteiger partial charge on any atom is -0.379 e. The summed E-state index contributed by atoms with van der Waals surface area (Å²) in [5.41, 5.74) is 6.57. The second kappa shape index (κ2) is 5.66. The molecular weight excluding hydrogens is 295 g/mol. The zero-order chi connectivity index (χ0) is 16.9. The number of likely N-dealkylation sites (tertiary alicyclic amines) is 1. The van der Waals surface area contributed by atoms with Gasteiger partial charge in [-0.15, -0.1) is 0 Å². The summed E-state index contributed by atoms with van der Waals surface area (Å²) in [7, 11) is 4.21. The van der Waals surface area contributed by atoms with E-state index in [9.17, 15) is 0 Å². The largest absolute Gasteiger partial charge is 0.379 e. The Morgan fingerprint density at radius 1 is 1.29 bits per heavy atom. The van der Waals surface area contributed by atoms with Crippen LogP contribution in [-0.4, -0.2) is 43.4 Å². The van der Waals surface area contributed by atoms with Crippen LogP contribution in [0, 0.1) is 0 Å². The van der Waals surface area contributed by atoms with Gasteiger partial charge < -0.3 is 10.6 Å². The minimum atomic E-state index is 0.0893. The smallest absolute Gasteiger partial charge is 0.139 e. The first kappa shape index (κ1) is 15.8. The molecule has 24 heavy (non-hydrogen) atoms. The predicted molar refractivity (Wildman–Crippen MR) is 105 cm³/mol. The average molecular weight is 322 g/mol. The number of fused-ring (bicyclic) bond motifs is 3. The number of anilines is 2. The van der Waals surface area contributed by atoms with E-state index in [2.05, 4.69) is 49.4 Å². The van der Waals surface area contributed by atoms with Gasteiger partial charge in [-0.2, -0.15) is 0 Å². The lowest BCUT2D eigenvalue weighted by Gasteiger charge is -2.19. The van der Waals surface area contributed by atoms with Gasteiger partial charge in [0.05, 0.1) is 11.2 Å². The van der Waals surface area contributed by atoms with Crippen molar-refractivity contribution in [3.8, 4) is 0 Å². The van der Waals surface area contributed by atoms with Gasteiger partial charge in [-0.05, 0) is 51.4 Å². The molecule has 4 nitrogen and oxygen atoms in total. The lowest BCUT2D eigenvalue weighted by atomic mass is 9.88. The fraction of sp³-hybridized carbons (Fsp3) is 0.526. The highest BCUT2D eigenvalue weighted by atomic mass is 15.1. The van der Waals surface area contributed by atoms with Crippen LogP contribution in [0.5, 0.6) is 0 Å². The fourth-order valence-corrected chi connectivity index (χ4v) is 4.20. The maximum absolute atomic E-state index is 4.94. The van der Waals surface area contributed by atoms with E-state index in [-0.39, 0.29) is 5.54 Å². The average Bonchev–Trinajstić information content (AvgIpc) is 3.14. The zero-order valence-electron chi connectivity index (χ0n) is 15.3. The molecule has 0 bridgehead atoms. The number of benzene rings is 1. The molecule has 4 rings (SSSR count). The van der Waals surface area contributed by atoms with Crippen molar-refractivity contribution in [2.45, 2.75) is 45.2 Å². The number of nitrogens with one attached hydrogen (secondary N) is 2. The van der Waals surface area contributed by atoms with Crippen LogP contribution in [0.25, 0.3) is 10.9 Å². The van der Waals surface area contributed by atoms with Crippen LogP contribution in [0.2, 0.25) is 0 Å². The molecule has 0 amide bonds. The summed E-state index contributed by atoms with van der Waals surface area (Å²) in [4.78, 5) is 7.50. The van der Waals surface area contributed by atoms with Crippen molar-refractivity contribution in [3.63, 3.8) is 0 Å². The van der Waals surface area contributed by atoms with Crippen molar-refractivity contribution in [2.24, 2.45) is 0 Å². The van der Waals surface area contributed by atoms with Crippen molar-refractivity contribution in [1.29, 1.82) is 0 Å². The summed E-state index contributed by atoms with van der Waals surface area (Å²) in [5, 5.41) is 8.29. The van der Waals surface area contributed by atoms with Crippen molar-refractivity contribution >= 4 is 35.7 Å². The third-order valence-electron chi connectivity index (χ3n) is 5.46. The molecular formula is C19H27BN4. The molecule has 2 aliphatic heterocycles. The lowest BCUT2D eigenvalue weighted by molar-refractivity contribution is 0.332. The molecule has 2 aliphatic rings. The summed E-state index contributed by atoms with van der Waals surface area (Å²) in [5.74, 6) is 1.02. The maximum atomic E-state index is 4.94. The van der Waals surface area contributed by atoms with Crippen molar-refractivity contribution < 1.29 is 0 Å². The first-order valence-corrected chi connectivity index (χ1v) is 9.11. The summed E-state index contributed by atoms with van der Waals surface area (Å²) in [6, 6.07) is 4.64. The Balaban J connectivity index is 1.82. The van der Waals surface area contributed by atoms with Crippen LogP contribution in [0.4, 0.5) is 11.5 Å². The number of rotatable bonds is 3. The van der Waals surface area contributed by atoms with Crippen LogP contribution in [0.3, 0.4) is 0 Å². The maximum Gasteiger partial charge on any atom is 0.139 e. The standard InChI is InChI=1S/C19H27BN4/c1-19(2)10-14-17(23-19)13-9-15(20)12(11-24-6-4-5-7-24)8-16(13)22-18(14)21-3/h8-9,23H,4-7,10-11,20H2,1-3H3,(H,21,22). The molecule has 0 atom stereocenters. The van der Waals surface area contributed by atoms with E-state index in [1.807, 2.05) is 7.05 Å². The minimum absolute atomic E-state index is 0.0893. The van der Waals surface area contributed by atoms with Gasteiger partial charge in [0.15, 0.2) is 0 Å². The molecule has 1 aromatic carbocycles. The van der Waals surface area contributed by atoms with Crippen LogP contribution in [0.1, 0.15) is 37.8 Å². The molecule has 1 saturated heterocycles.